The minimum absolute atomic E-state index is 0.0430. The Balaban J connectivity index is 1.44. The minimum atomic E-state index is -0.447. The Bertz CT molecular complexity index is 1240. The molecule has 11 nitrogen and oxygen atoms in total. The van der Waals surface area contributed by atoms with Crippen molar-refractivity contribution in [2.75, 3.05) is 51.0 Å². The maximum atomic E-state index is 12.5. The number of nitro groups is 1. The third-order valence-electron chi connectivity index (χ3n) is 5.28. The molecule has 3 aromatic rings. The van der Waals surface area contributed by atoms with Crippen LogP contribution in [0.2, 0.25) is 0 Å². The lowest BCUT2D eigenvalue weighted by Gasteiger charge is -2.34. The van der Waals surface area contributed by atoms with Crippen molar-refractivity contribution in [3.63, 3.8) is 0 Å². The largest absolute Gasteiger partial charge is 0.493 e. The molecule has 0 spiro atoms. The van der Waals surface area contributed by atoms with E-state index in [-0.39, 0.29) is 10.9 Å². The van der Waals surface area contributed by atoms with Gasteiger partial charge in [0.1, 0.15) is 5.82 Å². The number of carbonyl (C=O) groups excluding carboxylic acids is 1. The lowest BCUT2D eigenvalue weighted by molar-refractivity contribution is -0.380. The molecule has 4 rings (SSSR count). The van der Waals surface area contributed by atoms with Gasteiger partial charge in [-0.3, -0.25) is 14.9 Å². The van der Waals surface area contributed by atoms with Gasteiger partial charge in [-0.25, -0.2) is 4.98 Å². The van der Waals surface area contributed by atoms with Crippen molar-refractivity contribution in [3.05, 3.63) is 45.3 Å². The quantitative estimate of drug-likeness (QED) is 0.327. The molecule has 1 fully saturated rings. The number of aromatic nitrogens is 2. The fraction of sp³-hybridized carbons (Fsp3) is 0.286. The van der Waals surface area contributed by atoms with Crippen molar-refractivity contribution in [1.29, 1.82) is 0 Å². The van der Waals surface area contributed by atoms with Crippen LogP contribution in [0.15, 0.2) is 30.3 Å². The lowest BCUT2D eigenvalue weighted by Crippen LogP contribution is -2.48. The zero-order chi connectivity index (χ0) is 23.5. The predicted octanol–water partition coefficient (Wildman–Crippen LogP) is 2.56. The van der Waals surface area contributed by atoms with Gasteiger partial charge in [-0.1, -0.05) is 11.3 Å². The fourth-order valence-electron chi connectivity index (χ4n) is 3.52. The van der Waals surface area contributed by atoms with Crippen LogP contribution in [0.25, 0.3) is 17.0 Å². The van der Waals surface area contributed by atoms with E-state index in [9.17, 15) is 14.9 Å². The number of methoxy groups -OCH3 is 2. The number of amides is 1. The molecule has 1 aliphatic heterocycles. The molecule has 0 saturated carbocycles. The summed E-state index contributed by atoms with van der Waals surface area (Å²) < 4.78 is 10.7. The van der Waals surface area contributed by atoms with Crippen molar-refractivity contribution in [1.82, 2.24) is 14.9 Å². The molecule has 1 saturated heterocycles. The average molecular weight is 471 g/mol. The Kier molecular flexibility index (Phi) is 6.27. The van der Waals surface area contributed by atoms with Crippen LogP contribution in [0, 0.1) is 10.1 Å². The molecule has 0 atom stereocenters. The molecule has 0 unspecified atom stereocenters. The summed E-state index contributed by atoms with van der Waals surface area (Å²) in [5.41, 5.74) is 6.82. The number of nitrogen functional groups attached to an aromatic ring is 1. The average Bonchev–Trinajstić information content (AvgIpc) is 3.31. The normalized spacial score (nSPS) is 14.1. The number of nitrogens with two attached hydrogens (primary N) is 1. The second kappa shape index (κ2) is 9.28. The number of benzene rings is 1. The van der Waals surface area contributed by atoms with Crippen LogP contribution in [0.5, 0.6) is 11.5 Å². The van der Waals surface area contributed by atoms with Crippen LogP contribution in [0.4, 0.5) is 16.8 Å². The van der Waals surface area contributed by atoms with E-state index in [0.717, 1.165) is 11.3 Å². The molecule has 0 aliphatic carbocycles. The van der Waals surface area contributed by atoms with Gasteiger partial charge >= 0.3 is 5.00 Å². The number of thiophene rings is 1. The maximum absolute atomic E-state index is 12.5. The van der Waals surface area contributed by atoms with Crippen LogP contribution >= 0.6 is 11.3 Å². The molecule has 33 heavy (non-hydrogen) atoms. The van der Waals surface area contributed by atoms with Gasteiger partial charge in [-0.2, -0.15) is 4.98 Å². The Morgan fingerprint density at radius 1 is 1.15 bits per heavy atom. The van der Waals surface area contributed by atoms with Gasteiger partial charge in [0.05, 0.1) is 24.7 Å². The molecule has 2 N–H and O–H groups in total. The van der Waals surface area contributed by atoms with E-state index in [1.165, 1.54) is 12.1 Å². The second-order valence-electron chi connectivity index (χ2n) is 7.21. The van der Waals surface area contributed by atoms with E-state index >= 15 is 0 Å². The molecule has 0 radical (unpaired) electrons. The first kappa shape index (κ1) is 22.3. The molecule has 0 bridgehead atoms. The monoisotopic (exact) mass is 470 g/mol. The van der Waals surface area contributed by atoms with Crippen LogP contribution in [0.1, 0.15) is 4.88 Å². The highest BCUT2D eigenvalue weighted by molar-refractivity contribution is 7.16. The van der Waals surface area contributed by atoms with Crippen molar-refractivity contribution >= 4 is 51.0 Å². The highest BCUT2D eigenvalue weighted by atomic mass is 32.1. The maximum Gasteiger partial charge on any atom is 0.324 e. The number of carbonyl (C=O) groups is 1. The molecule has 1 amide bonds. The zero-order valence-electron chi connectivity index (χ0n) is 18.1. The first-order valence-electron chi connectivity index (χ1n) is 10.0. The standard InChI is InChI=1S/C21H22N6O5S/c1-31-16-11-14-15(12-17(16)32-2)23-21(24-20(14)22)26-9-7-25(8-10-26)18(28)5-3-13-4-6-19(33-13)27(29)30/h3-6,11-12H,7-10H2,1-2H3,(H2,22,23,24). The van der Waals surface area contributed by atoms with E-state index in [2.05, 4.69) is 9.97 Å². The molecule has 172 valence electrons. The first-order valence-corrected chi connectivity index (χ1v) is 10.9. The molecule has 2 aromatic heterocycles. The number of rotatable bonds is 6. The van der Waals surface area contributed by atoms with Gasteiger partial charge in [0.2, 0.25) is 11.9 Å². The number of anilines is 2. The number of nitrogens with zero attached hydrogens (tertiary/aromatic N) is 5. The Labute approximate surface area is 193 Å². The molecular formula is C21H22N6O5S. The second-order valence-corrected chi connectivity index (χ2v) is 8.31. The van der Waals surface area contributed by atoms with Crippen LogP contribution < -0.4 is 20.1 Å². The van der Waals surface area contributed by atoms with Crippen molar-refractivity contribution in [2.45, 2.75) is 0 Å². The summed E-state index contributed by atoms with van der Waals surface area (Å²) in [6, 6.07) is 6.55. The highest BCUT2D eigenvalue weighted by Crippen LogP contribution is 2.34. The van der Waals surface area contributed by atoms with Gasteiger partial charge in [0, 0.05) is 54.7 Å². The van der Waals surface area contributed by atoms with Crippen molar-refractivity contribution in [3.8, 4) is 11.5 Å². The number of ether oxygens (including phenoxy) is 2. The first-order chi connectivity index (χ1) is 15.9. The van der Waals surface area contributed by atoms with Crippen LogP contribution in [0.3, 0.4) is 0 Å². The van der Waals surface area contributed by atoms with Gasteiger partial charge in [-0.15, -0.1) is 0 Å². The van der Waals surface area contributed by atoms with Crippen LogP contribution in [-0.4, -0.2) is 66.1 Å². The van der Waals surface area contributed by atoms with E-state index < -0.39 is 4.92 Å². The number of hydrogen-bond donors (Lipinski definition) is 1. The minimum Gasteiger partial charge on any atom is -0.493 e. The summed E-state index contributed by atoms with van der Waals surface area (Å²) in [5.74, 6) is 1.77. The molecule has 3 heterocycles. The third kappa shape index (κ3) is 4.65. The summed E-state index contributed by atoms with van der Waals surface area (Å²) in [4.78, 5) is 36.3. The summed E-state index contributed by atoms with van der Waals surface area (Å²) in [6.45, 7) is 2.06. The van der Waals surface area contributed by atoms with Gasteiger partial charge in [0.25, 0.3) is 0 Å². The van der Waals surface area contributed by atoms with Gasteiger partial charge in [0.15, 0.2) is 11.5 Å². The van der Waals surface area contributed by atoms with Crippen LogP contribution in [-0.2, 0) is 4.79 Å². The number of piperazine rings is 1. The molecule has 1 aromatic carbocycles. The van der Waals surface area contributed by atoms with E-state index in [1.807, 2.05) is 4.90 Å². The van der Waals surface area contributed by atoms with Crippen molar-refractivity contribution in [2.24, 2.45) is 0 Å². The van der Waals surface area contributed by atoms with E-state index in [4.69, 9.17) is 15.2 Å². The fourth-order valence-corrected chi connectivity index (χ4v) is 4.25. The summed E-state index contributed by atoms with van der Waals surface area (Å²) in [5, 5.41) is 11.5. The topological polar surface area (TPSA) is 137 Å². The Morgan fingerprint density at radius 3 is 2.48 bits per heavy atom. The van der Waals surface area contributed by atoms with Gasteiger partial charge in [-0.05, 0) is 18.2 Å². The summed E-state index contributed by atoms with van der Waals surface area (Å²) >= 11 is 1.02. The Morgan fingerprint density at radius 2 is 1.85 bits per heavy atom. The van der Waals surface area contributed by atoms with E-state index in [0.29, 0.717) is 65.2 Å². The molecular weight excluding hydrogens is 448 g/mol. The Hall–Kier alpha value is -3.93. The third-order valence-corrected chi connectivity index (χ3v) is 6.28. The lowest BCUT2D eigenvalue weighted by atomic mass is 10.2. The predicted molar refractivity (Wildman–Crippen MR) is 126 cm³/mol. The highest BCUT2D eigenvalue weighted by Gasteiger charge is 2.23. The summed E-state index contributed by atoms with van der Waals surface area (Å²) in [7, 11) is 3.11. The number of fused-ring (bicyclic) bond motifs is 1. The summed E-state index contributed by atoms with van der Waals surface area (Å²) in [6.07, 6.45) is 3.04. The smallest absolute Gasteiger partial charge is 0.324 e. The van der Waals surface area contributed by atoms with E-state index in [1.54, 1.807) is 43.4 Å². The number of hydrogen-bond acceptors (Lipinski definition) is 10. The SMILES string of the molecule is COc1cc2nc(N3CCN(C(=O)C=Cc4ccc([N+](=O)[O-])s4)CC3)nc(N)c2cc1OC. The van der Waals surface area contributed by atoms with Gasteiger partial charge < -0.3 is 25.0 Å². The molecule has 1 aliphatic rings. The van der Waals surface area contributed by atoms with Crippen molar-refractivity contribution < 1.29 is 19.2 Å². The zero-order valence-corrected chi connectivity index (χ0v) is 18.9. The molecule has 12 heteroatoms.